The number of carbonyl (C=O) groups is 2. The van der Waals surface area contributed by atoms with E-state index in [0.29, 0.717) is 30.3 Å². The Hall–Kier alpha value is -3.50. The van der Waals surface area contributed by atoms with E-state index in [2.05, 4.69) is 20.7 Å². The Morgan fingerprint density at radius 1 is 1.30 bits per heavy atom. The Balaban J connectivity index is 1.38. The van der Waals surface area contributed by atoms with Gasteiger partial charge in [0, 0.05) is 36.3 Å². The van der Waals surface area contributed by atoms with Crippen LogP contribution in [0.2, 0.25) is 0 Å². The molecule has 172 valence electrons. The van der Waals surface area contributed by atoms with Gasteiger partial charge in [-0.3, -0.25) is 9.59 Å². The van der Waals surface area contributed by atoms with E-state index in [1.807, 2.05) is 18.2 Å². The van der Waals surface area contributed by atoms with Crippen molar-refractivity contribution < 1.29 is 19.1 Å². The molecule has 0 aromatic carbocycles. The lowest BCUT2D eigenvalue weighted by Crippen LogP contribution is -2.42. The van der Waals surface area contributed by atoms with Crippen LogP contribution in [-0.4, -0.2) is 58.8 Å². The topological polar surface area (TPSA) is 133 Å². The van der Waals surface area contributed by atoms with Gasteiger partial charge in [0.2, 0.25) is 5.91 Å². The zero-order chi connectivity index (χ0) is 22.8. The van der Waals surface area contributed by atoms with E-state index in [1.54, 1.807) is 16.8 Å². The molecule has 10 heteroatoms. The molecule has 1 saturated heterocycles. The van der Waals surface area contributed by atoms with Crippen molar-refractivity contribution in [3.8, 4) is 16.9 Å². The maximum Gasteiger partial charge on any atom is 0.267 e. The lowest BCUT2D eigenvalue weighted by molar-refractivity contribution is -0.117. The summed E-state index contributed by atoms with van der Waals surface area (Å²) in [5.41, 5.74) is 7.94. The van der Waals surface area contributed by atoms with E-state index in [9.17, 15) is 9.59 Å². The van der Waals surface area contributed by atoms with Crippen LogP contribution in [0.25, 0.3) is 16.6 Å². The number of ether oxygens (including phenoxy) is 2. The van der Waals surface area contributed by atoms with Crippen LogP contribution < -0.4 is 21.1 Å². The molecular formula is C23H26N6O4. The second-order valence-electron chi connectivity index (χ2n) is 8.37. The number of primary amides is 1. The fraction of sp³-hybridized carbons (Fsp3) is 0.391. The minimum atomic E-state index is -0.609. The fourth-order valence-corrected chi connectivity index (χ4v) is 3.83. The monoisotopic (exact) mass is 450 g/mol. The van der Waals surface area contributed by atoms with Crippen molar-refractivity contribution in [1.29, 1.82) is 0 Å². The van der Waals surface area contributed by atoms with Gasteiger partial charge in [-0.05, 0) is 43.0 Å². The Morgan fingerprint density at radius 2 is 2.18 bits per heavy atom. The highest BCUT2D eigenvalue weighted by molar-refractivity contribution is 5.94. The molecule has 3 aromatic heterocycles. The maximum absolute atomic E-state index is 12.1. The number of amides is 2. The smallest absolute Gasteiger partial charge is 0.267 e. The number of morpholine rings is 1. The number of nitrogens with two attached hydrogens (primary N) is 1. The number of fused-ring (bicyclic) bond motifs is 1. The second-order valence-corrected chi connectivity index (χ2v) is 8.37. The number of hydrogen-bond acceptors (Lipinski definition) is 7. The van der Waals surface area contributed by atoms with E-state index in [1.165, 1.54) is 6.20 Å². The molecule has 5 rings (SSSR count). The third-order valence-electron chi connectivity index (χ3n) is 5.82. The molecule has 0 radical (unpaired) electrons. The Labute approximate surface area is 190 Å². The van der Waals surface area contributed by atoms with Gasteiger partial charge in [-0.15, -0.1) is 0 Å². The first-order valence-electron chi connectivity index (χ1n) is 11.1. The van der Waals surface area contributed by atoms with Gasteiger partial charge in [-0.25, -0.2) is 9.50 Å². The molecule has 2 aliphatic rings. The molecule has 2 amide bonds. The molecular weight excluding hydrogens is 424 g/mol. The van der Waals surface area contributed by atoms with Gasteiger partial charge in [0.15, 0.2) is 5.82 Å². The Morgan fingerprint density at radius 3 is 2.94 bits per heavy atom. The number of carbonyl (C=O) groups excluding carboxylic acids is 2. The van der Waals surface area contributed by atoms with Crippen LogP contribution >= 0.6 is 0 Å². The van der Waals surface area contributed by atoms with Gasteiger partial charge < -0.3 is 25.8 Å². The van der Waals surface area contributed by atoms with Gasteiger partial charge in [0.1, 0.15) is 11.4 Å². The molecule has 1 aliphatic carbocycles. The largest absolute Gasteiger partial charge is 0.491 e. The van der Waals surface area contributed by atoms with Crippen LogP contribution in [0, 0.1) is 5.92 Å². The van der Waals surface area contributed by atoms with Gasteiger partial charge >= 0.3 is 0 Å². The highest BCUT2D eigenvalue weighted by Gasteiger charge is 2.30. The van der Waals surface area contributed by atoms with E-state index < -0.39 is 5.91 Å². The minimum Gasteiger partial charge on any atom is -0.491 e. The highest BCUT2D eigenvalue weighted by Crippen LogP contribution is 2.32. The molecule has 4 N–H and O–H groups in total. The van der Waals surface area contributed by atoms with Gasteiger partial charge in [0.25, 0.3) is 5.91 Å². The summed E-state index contributed by atoms with van der Waals surface area (Å²) in [7, 11) is 0. The maximum atomic E-state index is 12.1. The first-order chi connectivity index (χ1) is 16.1. The van der Waals surface area contributed by atoms with E-state index in [0.717, 1.165) is 43.5 Å². The van der Waals surface area contributed by atoms with Crippen LogP contribution in [0.1, 0.15) is 29.8 Å². The highest BCUT2D eigenvalue weighted by atomic mass is 16.5. The fourth-order valence-electron chi connectivity index (χ4n) is 3.83. The van der Waals surface area contributed by atoms with Crippen LogP contribution in [0.15, 0.2) is 36.7 Å². The van der Waals surface area contributed by atoms with Crippen molar-refractivity contribution in [2.24, 2.45) is 11.7 Å². The number of hydrogen-bond donors (Lipinski definition) is 3. The third-order valence-corrected chi connectivity index (χ3v) is 5.82. The molecule has 0 bridgehead atoms. The van der Waals surface area contributed by atoms with Gasteiger partial charge in [0.05, 0.1) is 31.5 Å². The van der Waals surface area contributed by atoms with Crippen molar-refractivity contribution >= 4 is 23.1 Å². The second kappa shape index (κ2) is 9.16. The van der Waals surface area contributed by atoms with Crippen LogP contribution in [0.4, 0.5) is 5.82 Å². The van der Waals surface area contributed by atoms with Gasteiger partial charge in [-0.1, -0.05) is 0 Å². The molecule has 0 spiro atoms. The van der Waals surface area contributed by atoms with Crippen LogP contribution in [-0.2, 0) is 9.53 Å². The first-order valence-corrected chi connectivity index (χ1v) is 11.1. The van der Waals surface area contributed by atoms with E-state index in [-0.39, 0.29) is 23.6 Å². The number of rotatable bonds is 8. The van der Waals surface area contributed by atoms with Crippen molar-refractivity contribution in [2.45, 2.75) is 25.3 Å². The molecule has 1 atom stereocenters. The summed E-state index contributed by atoms with van der Waals surface area (Å²) >= 11 is 0. The standard InChI is InChI=1S/C23H26N6O4/c24-22(30)19-11-18(20(12-26-19)33-7-4-16-13-32-8-5-25-16)15-3-6-29-17(9-15)10-21(28-29)27-23(31)14-1-2-14/h3,6,9-12,14,16,25H,1-2,4-5,7-8,13H2,(H2,24,30)(H,27,28,31). The average Bonchev–Trinajstić information content (AvgIpc) is 3.60. The third kappa shape index (κ3) is 4.96. The predicted molar refractivity (Wildman–Crippen MR) is 121 cm³/mol. The molecule has 10 nitrogen and oxygen atoms in total. The summed E-state index contributed by atoms with van der Waals surface area (Å²) in [5, 5.41) is 10.7. The SMILES string of the molecule is NC(=O)c1cc(-c2ccn3nc(NC(=O)C4CC4)cc3c2)c(OCCC2COCCN2)cn1. The lowest BCUT2D eigenvalue weighted by atomic mass is 10.1. The van der Waals surface area contributed by atoms with Crippen molar-refractivity contribution in [2.75, 3.05) is 31.7 Å². The van der Waals surface area contributed by atoms with Gasteiger partial charge in [-0.2, -0.15) is 5.10 Å². The summed E-state index contributed by atoms with van der Waals surface area (Å²) in [6.45, 7) is 2.69. The van der Waals surface area contributed by atoms with Crippen molar-refractivity contribution in [3.05, 3.63) is 42.4 Å². The Kier molecular flexibility index (Phi) is 5.93. The number of anilines is 1. The van der Waals surface area contributed by atoms with Crippen molar-refractivity contribution in [3.63, 3.8) is 0 Å². The molecule has 2 fully saturated rings. The predicted octanol–water partition coefficient (Wildman–Crippen LogP) is 1.60. The van der Waals surface area contributed by atoms with E-state index in [4.69, 9.17) is 15.2 Å². The molecule has 1 aliphatic heterocycles. The van der Waals surface area contributed by atoms with Crippen molar-refractivity contribution in [1.82, 2.24) is 19.9 Å². The molecule has 33 heavy (non-hydrogen) atoms. The zero-order valence-corrected chi connectivity index (χ0v) is 18.1. The quantitative estimate of drug-likeness (QED) is 0.475. The molecule has 1 saturated carbocycles. The number of nitrogens with one attached hydrogen (secondary N) is 2. The van der Waals surface area contributed by atoms with E-state index >= 15 is 0 Å². The number of nitrogens with zero attached hydrogens (tertiary/aromatic N) is 3. The lowest BCUT2D eigenvalue weighted by Gasteiger charge is -2.23. The zero-order valence-electron chi connectivity index (χ0n) is 18.1. The summed E-state index contributed by atoms with van der Waals surface area (Å²) in [6, 6.07) is 7.49. The summed E-state index contributed by atoms with van der Waals surface area (Å²) in [6.07, 6.45) is 5.97. The number of aromatic nitrogens is 3. The summed E-state index contributed by atoms with van der Waals surface area (Å²) in [4.78, 5) is 27.9. The Bertz CT molecular complexity index is 1180. The molecule has 1 unspecified atom stereocenters. The summed E-state index contributed by atoms with van der Waals surface area (Å²) in [5.74, 6) is 0.567. The minimum absolute atomic E-state index is 0.00686. The van der Waals surface area contributed by atoms with Crippen LogP contribution in [0.5, 0.6) is 5.75 Å². The summed E-state index contributed by atoms with van der Waals surface area (Å²) < 4.78 is 13.2. The molecule has 3 aromatic rings. The molecule has 4 heterocycles. The first kappa shape index (κ1) is 21.4. The normalized spacial score (nSPS) is 18.2. The van der Waals surface area contributed by atoms with Crippen LogP contribution in [0.3, 0.4) is 0 Å². The number of pyridine rings is 2. The average molecular weight is 450 g/mol.